The predicted octanol–water partition coefficient (Wildman–Crippen LogP) is 3.17. The van der Waals surface area contributed by atoms with E-state index in [2.05, 4.69) is 45.0 Å². The molecule has 0 spiro atoms. The van der Waals surface area contributed by atoms with Crippen LogP contribution < -0.4 is 5.73 Å². The quantitative estimate of drug-likeness (QED) is 0.890. The van der Waals surface area contributed by atoms with E-state index in [1.54, 1.807) is 0 Å². The fourth-order valence-electron chi connectivity index (χ4n) is 3.26. The van der Waals surface area contributed by atoms with Gasteiger partial charge in [0.1, 0.15) is 0 Å². The maximum absolute atomic E-state index is 5.87. The zero-order valence-electron chi connectivity index (χ0n) is 11.8. The second-order valence-electron chi connectivity index (χ2n) is 6.22. The molecule has 0 radical (unpaired) electrons. The SMILES string of the molecule is Cc1ccc([C@]2(CCN)CCOC(C)(C)C2)cc1. The van der Waals surface area contributed by atoms with Crippen molar-refractivity contribution in [2.24, 2.45) is 5.73 Å². The number of hydrogen-bond donors (Lipinski definition) is 1. The highest BCUT2D eigenvalue weighted by atomic mass is 16.5. The lowest BCUT2D eigenvalue weighted by Gasteiger charge is -2.45. The molecule has 0 aliphatic carbocycles. The summed E-state index contributed by atoms with van der Waals surface area (Å²) >= 11 is 0. The van der Waals surface area contributed by atoms with Crippen LogP contribution in [0.25, 0.3) is 0 Å². The van der Waals surface area contributed by atoms with Gasteiger partial charge in [-0.3, -0.25) is 0 Å². The van der Waals surface area contributed by atoms with Gasteiger partial charge in [0.25, 0.3) is 0 Å². The van der Waals surface area contributed by atoms with Gasteiger partial charge in [-0.2, -0.15) is 0 Å². The number of benzene rings is 1. The van der Waals surface area contributed by atoms with Crippen LogP contribution in [-0.4, -0.2) is 18.8 Å². The van der Waals surface area contributed by atoms with Crippen LogP contribution in [0.5, 0.6) is 0 Å². The second-order valence-corrected chi connectivity index (χ2v) is 6.22. The molecule has 1 aromatic carbocycles. The maximum atomic E-state index is 5.87. The van der Waals surface area contributed by atoms with Gasteiger partial charge in [0.15, 0.2) is 0 Å². The minimum Gasteiger partial charge on any atom is -0.376 e. The Kier molecular flexibility index (Phi) is 3.79. The number of ether oxygens (including phenoxy) is 1. The first-order valence-electron chi connectivity index (χ1n) is 6.89. The van der Waals surface area contributed by atoms with Crippen molar-refractivity contribution in [1.29, 1.82) is 0 Å². The molecule has 0 bridgehead atoms. The molecule has 0 amide bonds. The molecule has 2 N–H and O–H groups in total. The van der Waals surface area contributed by atoms with Crippen LogP contribution >= 0.6 is 0 Å². The molecule has 1 aromatic rings. The van der Waals surface area contributed by atoms with Crippen molar-refractivity contribution in [2.75, 3.05) is 13.2 Å². The average Bonchev–Trinajstić information content (AvgIpc) is 2.28. The van der Waals surface area contributed by atoms with Gasteiger partial charge in [0, 0.05) is 12.0 Å². The van der Waals surface area contributed by atoms with Crippen molar-refractivity contribution in [2.45, 2.75) is 51.0 Å². The summed E-state index contributed by atoms with van der Waals surface area (Å²) in [5, 5.41) is 0. The Hall–Kier alpha value is -0.860. The van der Waals surface area contributed by atoms with Crippen molar-refractivity contribution in [3.8, 4) is 0 Å². The first-order chi connectivity index (χ1) is 8.47. The summed E-state index contributed by atoms with van der Waals surface area (Å²) in [4.78, 5) is 0. The fraction of sp³-hybridized carbons (Fsp3) is 0.625. The Labute approximate surface area is 111 Å². The Balaban J connectivity index is 2.34. The van der Waals surface area contributed by atoms with Crippen LogP contribution in [0, 0.1) is 6.92 Å². The maximum Gasteiger partial charge on any atom is 0.0635 e. The molecule has 100 valence electrons. The Bertz CT molecular complexity index is 392. The molecule has 1 aliphatic heterocycles. The molecular formula is C16H25NO. The number of aryl methyl sites for hydroxylation is 1. The van der Waals surface area contributed by atoms with Gasteiger partial charge in [-0.05, 0) is 52.1 Å². The minimum atomic E-state index is -0.0433. The Morgan fingerprint density at radius 3 is 2.44 bits per heavy atom. The molecule has 1 aliphatic rings. The lowest BCUT2D eigenvalue weighted by atomic mass is 9.67. The predicted molar refractivity (Wildman–Crippen MR) is 75.8 cm³/mol. The van der Waals surface area contributed by atoms with E-state index in [1.807, 2.05) is 0 Å². The monoisotopic (exact) mass is 247 g/mol. The van der Waals surface area contributed by atoms with Crippen molar-refractivity contribution < 1.29 is 4.74 Å². The zero-order valence-corrected chi connectivity index (χ0v) is 11.8. The Morgan fingerprint density at radius 2 is 1.89 bits per heavy atom. The van der Waals surface area contributed by atoms with Crippen molar-refractivity contribution in [3.63, 3.8) is 0 Å². The van der Waals surface area contributed by atoms with Crippen molar-refractivity contribution in [3.05, 3.63) is 35.4 Å². The summed E-state index contributed by atoms with van der Waals surface area (Å²) in [6, 6.07) is 8.95. The zero-order chi connectivity index (χ0) is 13.2. The van der Waals surface area contributed by atoms with Gasteiger partial charge in [-0.1, -0.05) is 29.8 Å². The van der Waals surface area contributed by atoms with Crippen LogP contribution in [0.1, 0.15) is 44.2 Å². The molecule has 2 nitrogen and oxygen atoms in total. The third-order valence-electron chi connectivity index (χ3n) is 4.12. The minimum absolute atomic E-state index is 0.0433. The number of hydrogen-bond acceptors (Lipinski definition) is 2. The lowest BCUT2D eigenvalue weighted by Crippen LogP contribution is -2.45. The molecule has 0 aromatic heterocycles. The smallest absolute Gasteiger partial charge is 0.0635 e. The molecule has 2 heteroatoms. The van der Waals surface area contributed by atoms with E-state index < -0.39 is 0 Å². The van der Waals surface area contributed by atoms with E-state index >= 15 is 0 Å². The third kappa shape index (κ3) is 2.76. The molecule has 18 heavy (non-hydrogen) atoms. The van der Waals surface area contributed by atoms with E-state index in [0.717, 1.165) is 32.4 Å². The van der Waals surface area contributed by atoms with Crippen molar-refractivity contribution >= 4 is 0 Å². The normalized spacial score (nSPS) is 27.1. The van der Waals surface area contributed by atoms with Gasteiger partial charge in [-0.15, -0.1) is 0 Å². The highest BCUT2D eigenvalue weighted by Gasteiger charge is 2.41. The van der Waals surface area contributed by atoms with E-state index in [4.69, 9.17) is 10.5 Å². The fourth-order valence-corrected chi connectivity index (χ4v) is 3.26. The van der Waals surface area contributed by atoms with Crippen LogP contribution in [-0.2, 0) is 10.2 Å². The van der Waals surface area contributed by atoms with Crippen LogP contribution in [0.2, 0.25) is 0 Å². The number of rotatable bonds is 3. The molecular weight excluding hydrogens is 222 g/mol. The van der Waals surface area contributed by atoms with Gasteiger partial charge in [0.05, 0.1) is 5.60 Å². The summed E-state index contributed by atoms with van der Waals surface area (Å²) in [7, 11) is 0. The van der Waals surface area contributed by atoms with E-state index in [1.165, 1.54) is 11.1 Å². The summed E-state index contributed by atoms with van der Waals surface area (Å²) in [5.74, 6) is 0. The molecule has 2 rings (SSSR count). The molecule has 1 saturated heterocycles. The summed E-state index contributed by atoms with van der Waals surface area (Å²) < 4.78 is 5.87. The largest absolute Gasteiger partial charge is 0.376 e. The Morgan fingerprint density at radius 1 is 1.22 bits per heavy atom. The van der Waals surface area contributed by atoms with Gasteiger partial charge in [0.2, 0.25) is 0 Å². The highest BCUT2D eigenvalue weighted by Crippen LogP contribution is 2.43. The lowest BCUT2D eigenvalue weighted by molar-refractivity contribution is -0.0836. The molecule has 1 atom stereocenters. The summed E-state index contributed by atoms with van der Waals surface area (Å²) in [6.07, 6.45) is 3.18. The van der Waals surface area contributed by atoms with Crippen LogP contribution in [0.4, 0.5) is 0 Å². The molecule has 1 fully saturated rings. The molecule has 1 heterocycles. The molecule has 0 saturated carbocycles. The van der Waals surface area contributed by atoms with E-state index in [0.29, 0.717) is 0 Å². The summed E-state index contributed by atoms with van der Waals surface area (Å²) in [5.41, 5.74) is 8.75. The van der Waals surface area contributed by atoms with Gasteiger partial charge in [-0.25, -0.2) is 0 Å². The second kappa shape index (κ2) is 5.02. The standard InChI is InChI=1S/C16H25NO/c1-13-4-6-14(7-5-13)16(8-10-17)9-11-18-15(2,3)12-16/h4-7H,8-12,17H2,1-3H3/t16-/m1/s1. The van der Waals surface area contributed by atoms with Crippen molar-refractivity contribution in [1.82, 2.24) is 0 Å². The molecule has 0 unspecified atom stereocenters. The van der Waals surface area contributed by atoms with E-state index in [-0.39, 0.29) is 11.0 Å². The summed E-state index contributed by atoms with van der Waals surface area (Å²) in [6.45, 7) is 8.08. The van der Waals surface area contributed by atoms with E-state index in [9.17, 15) is 0 Å². The van der Waals surface area contributed by atoms with Gasteiger partial charge >= 0.3 is 0 Å². The first-order valence-corrected chi connectivity index (χ1v) is 6.89. The van der Waals surface area contributed by atoms with Crippen LogP contribution in [0.3, 0.4) is 0 Å². The highest BCUT2D eigenvalue weighted by molar-refractivity contribution is 5.30. The topological polar surface area (TPSA) is 35.2 Å². The number of nitrogens with two attached hydrogens (primary N) is 1. The van der Waals surface area contributed by atoms with Gasteiger partial charge < -0.3 is 10.5 Å². The first kappa shape index (κ1) is 13.6. The van der Waals surface area contributed by atoms with Crippen LogP contribution in [0.15, 0.2) is 24.3 Å². The third-order valence-corrected chi connectivity index (χ3v) is 4.12. The average molecular weight is 247 g/mol.